The van der Waals surface area contributed by atoms with Crippen LogP contribution in [0.15, 0.2) is 42.5 Å². The number of cyclic esters (lactones) is 1. The number of nitrogens with one attached hydrogen (secondary N) is 1. The molecule has 43 heavy (non-hydrogen) atoms. The molecule has 0 bridgehead atoms. The first-order valence-corrected chi connectivity index (χ1v) is 14.6. The summed E-state index contributed by atoms with van der Waals surface area (Å²) in [7, 11) is 0. The summed E-state index contributed by atoms with van der Waals surface area (Å²) in [5.74, 6) is -1.15. The molecule has 12 nitrogen and oxygen atoms in total. The van der Waals surface area contributed by atoms with Crippen LogP contribution in [0.2, 0.25) is 0 Å². The fourth-order valence-corrected chi connectivity index (χ4v) is 5.87. The number of nitrogens with zero attached hydrogens (tertiary/aromatic N) is 8. The van der Waals surface area contributed by atoms with Crippen molar-refractivity contribution in [3.63, 3.8) is 0 Å². The zero-order chi connectivity index (χ0) is 29.9. The van der Waals surface area contributed by atoms with E-state index in [0.717, 1.165) is 44.9 Å². The van der Waals surface area contributed by atoms with Crippen molar-refractivity contribution in [2.45, 2.75) is 38.5 Å². The van der Waals surface area contributed by atoms with E-state index in [1.165, 1.54) is 17.4 Å². The van der Waals surface area contributed by atoms with E-state index >= 15 is 8.78 Å². The molecule has 4 heterocycles. The Morgan fingerprint density at radius 1 is 1.00 bits per heavy atom. The van der Waals surface area contributed by atoms with E-state index in [9.17, 15) is 9.59 Å². The summed E-state index contributed by atoms with van der Waals surface area (Å²) < 4.78 is 35.7. The molecule has 3 aliphatic rings. The van der Waals surface area contributed by atoms with Crippen molar-refractivity contribution < 1.29 is 23.1 Å². The normalized spacial score (nSPS) is 20.0. The maximum absolute atomic E-state index is 15.2. The third-order valence-electron chi connectivity index (χ3n) is 8.20. The Kier molecular flexibility index (Phi) is 8.36. The van der Waals surface area contributed by atoms with Crippen LogP contribution in [-0.4, -0.2) is 95.6 Å². The number of halogens is 2. The summed E-state index contributed by atoms with van der Waals surface area (Å²) >= 11 is 0. The van der Waals surface area contributed by atoms with Gasteiger partial charge in [0.25, 0.3) is 5.95 Å². The number of hydrogen-bond donors (Lipinski definition) is 1. The van der Waals surface area contributed by atoms with Crippen LogP contribution in [0.3, 0.4) is 0 Å². The fraction of sp³-hybridized carbons (Fsp3) is 0.483. The number of piperazine rings is 1. The van der Waals surface area contributed by atoms with Crippen LogP contribution in [0.4, 0.5) is 30.9 Å². The van der Waals surface area contributed by atoms with Crippen LogP contribution in [0, 0.1) is 11.6 Å². The van der Waals surface area contributed by atoms with Gasteiger partial charge in [-0.15, -0.1) is 5.10 Å². The number of tetrazole rings is 1. The van der Waals surface area contributed by atoms with Gasteiger partial charge in [0.1, 0.15) is 11.8 Å². The minimum atomic E-state index is -0.751. The van der Waals surface area contributed by atoms with Crippen LogP contribution >= 0.6 is 0 Å². The zero-order valence-electron chi connectivity index (χ0n) is 24.0. The summed E-state index contributed by atoms with van der Waals surface area (Å²) in [5, 5.41) is 15.8. The molecule has 228 valence electrons. The van der Waals surface area contributed by atoms with Gasteiger partial charge < -0.3 is 19.9 Å². The maximum Gasteiger partial charge on any atom is 0.414 e. The smallest absolute Gasteiger partial charge is 0.414 e. The summed E-state index contributed by atoms with van der Waals surface area (Å²) in [6.07, 6.45) is -0.109. The van der Waals surface area contributed by atoms with Gasteiger partial charge in [0.15, 0.2) is 11.6 Å². The summed E-state index contributed by atoms with van der Waals surface area (Å²) in [6.45, 7) is 6.77. The van der Waals surface area contributed by atoms with Gasteiger partial charge in [-0.1, -0.05) is 35.4 Å². The molecule has 2 aromatic carbocycles. The largest absolute Gasteiger partial charge is 0.442 e. The average molecular weight is 596 g/mol. The van der Waals surface area contributed by atoms with E-state index in [4.69, 9.17) is 4.74 Å². The van der Waals surface area contributed by atoms with Crippen LogP contribution in [0.25, 0.3) is 0 Å². The highest BCUT2D eigenvalue weighted by Gasteiger charge is 2.34. The number of carbonyl (C=O) groups is 2. The SMILES string of the molecule is CC(=O)NC[C@H]1CN(c2cc(F)c(N3CCC(n4nnc(N5CCN(Cc6ccccc6)CC5)n4)CC3)c(F)c2)C(=O)O1. The van der Waals surface area contributed by atoms with Crippen molar-refractivity contribution in [2.75, 3.05) is 67.1 Å². The van der Waals surface area contributed by atoms with Gasteiger partial charge >= 0.3 is 6.09 Å². The zero-order valence-corrected chi connectivity index (χ0v) is 24.0. The molecule has 0 saturated carbocycles. The number of ether oxygens (including phenoxy) is 1. The van der Waals surface area contributed by atoms with Crippen molar-refractivity contribution >= 4 is 29.3 Å². The summed E-state index contributed by atoms with van der Waals surface area (Å²) in [4.78, 5) is 32.5. The van der Waals surface area contributed by atoms with Gasteiger partial charge in [0, 0.05) is 64.9 Å². The van der Waals surface area contributed by atoms with Crippen LogP contribution in [0.1, 0.15) is 31.4 Å². The van der Waals surface area contributed by atoms with E-state index in [-0.39, 0.29) is 36.4 Å². The average Bonchev–Trinajstić information content (AvgIpc) is 3.64. The standard InChI is InChI=1S/C29H35F2N9O3/c1-20(41)32-17-24-19-39(29(42)43-24)23-15-25(30)27(26(31)16-23)37-9-7-22(8-10-37)40-34-28(33-35-40)38-13-11-36(12-14-38)18-21-5-3-2-4-6-21/h2-6,15-16,22,24H,7-14,17-19H2,1H3,(H,32,41)/t24-/m0/s1. The van der Waals surface area contributed by atoms with E-state index in [1.807, 2.05) is 6.07 Å². The highest BCUT2D eigenvalue weighted by atomic mass is 19.1. The van der Waals surface area contributed by atoms with E-state index in [1.54, 1.807) is 9.70 Å². The summed E-state index contributed by atoms with van der Waals surface area (Å²) in [5.41, 5.74) is 1.25. The van der Waals surface area contributed by atoms with Crippen molar-refractivity contribution in [1.29, 1.82) is 0 Å². The van der Waals surface area contributed by atoms with E-state index in [2.05, 4.69) is 54.8 Å². The molecule has 1 aromatic heterocycles. The minimum absolute atomic E-state index is 0.0258. The second-order valence-corrected chi connectivity index (χ2v) is 11.2. The van der Waals surface area contributed by atoms with Crippen molar-refractivity contribution in [1.82, 2.24) is 30.4 Å². The van der Waals surface area contributed by atoms with Gasteiger partial charge in [-0.2, -0.15) is 4.80 Å². The first-order valence-electron chi connectivity index (χ1n) is 14.6. The molecular weight excluding hydrogens is 560 g/mol. The lowest BCUT2D eigenvalue weighted by molar-refractivity contribution is -0.119. The van der Waals surface area contributed by atoms with Crippen LogP contribution in [-0.2, 0) is 16.1 Å². The van der Waals surface area contributed by atoms with Gasteiger partial charge in [-0.25, -0.2) is 13.6 Å². The molecule has 1 N–H and O–H groups in total. The topological polar surface area (TPSA) is 112 Å². The quantitative estimate of drug-likeness (QED) is 0.420. The number of benzene rings is 2. The first kappa shape index (κ1) is 28.8. The van der Waals surface area contributed by atoms with Crippen molar-refractivity contribution in [3.05, 3.63) is 59.7 Å². The molecular formula is C29H35F2N9O3. The van der Waals surface area contributed by atoms with Gasteiger partial charge in [0.2, 0.25) is 5.91 Å². The van der Waals surface area contributed by atoms with Crippen molar-refractivity contribution in [3.8, 4) is 0 Å². The Hall–Kier alpha value is -4.33. The van der Waals surface area contributed by atoms with Gasteiger partial charge in [-0.05, 0) is 23.6 Å². The van der Waals surface area contributed by atoms with Gasteiger partial charge in [-0.3, -0.25) is 14.6 Å². The Labute approximate surface area is 248 Å². The number of amides is 2. The lowest BCUT2D eigenvalue weighted by atomic mass is 10.0. The Morgan fingerprint density at radius 3 is 2.37 bits per heavy atom. The van der Waals surface area contributed by atoms with Crippen LogP contribution in [0.5, 0.6) is 0 Å². The molecule has 3 aliphatic heterocycles. The molecule has 3 saturated heterocycles. The summed E-state index contributed by atoms with van der Waals surface area (Å²) in [6, 6.07) is 12.7. The number of anilines is 3. The molecule has 0 unspecified atom stereocenters. The molecule has 0 spiro atoms. The molecule has 3 fully saturated rings. The molecule has 2 amide bonds. The third kappa shape index (κ3) is 6.53. The predicted octanol–water partition coefficient (Wildman–Crippen LogP) is 2.58. The maximum atomic E-state index is 15.2. The van der Waals surface area contributed by atoms with E-state index < -0.39 is 23.8 Å². The number of rotatable bonds is 8. The minimum Gasteiger partial charge on any atom is -0.442 e. The number of carbonyl (C=O) groups excluding carboxylic acids is 2. The lowest BCUT2D eigenvalue weighted by Gasteiger charge is -2.34. The second kappa shape index (κ2) is 12.5. The Morgan fingerprint density at radius 2 is 1.70 bits per heavy atom. The number of piperidine rings is 1. The Bertz CT molecular complexity index is 1420. The number of hydrogen-bond acceptors (Lipinski definition) is 9. The predicted molar refractivity (Wildman–Crippen MR) is 155 cm³/mol. The van der Waals surface area contributed by atoms with Crippen molar-refractivity contribution in [2.24, 2.45) is 0 Å². The molecule has 3 aromatic rings. The third-order valence-corrected chi connectivity index (χ3v) is 8.20. The van der Waals surface area contributed by atoms with Gasteiger partial charge in [0.05, 0.1) is 24.8 Å². The number of aromatic nitrogens is 4. The highest BCUT2D eigenvalue weighted by molar-refractivity contribution is 5.90. The van der Waals surface area contributed by atoms with Crippen LogP contribution < -0.4 is 20.0 Å². The molecule has 6 rings (SSSR count). The molecule has 1 atom stereocenters. The van der Waals surface area contributed by atoms with E-state index in [0.29, 0.717) is 31.9 Å². The monoisotopic (exact) mass is 595 g/mol. The highest BCUT2D eigenvalue weighted by Crippen LogP contribution is 2.34. The molecule has 0 aliphatic carbocycles. The molecule has 0 radical (unpaired) electrons. The first-order chi connectivity index (χ1) is 20.8. The lowest BCUT2D eigenvalue weighted by Crippen LogP contribution is -2.46. The Balaban J connectivity index is 1.02. The molecule has 14 heteroatoms. The second-order valence-electron chi connectivity index (χ2n) is 11.2. The fourth-order valence-electron chi connectivity index (χ4n) is 5.87.